The van der Waals surface area contributed by atoms with Gasteiger partial charge in [0.15, 0.2) is 0 Å². The summed E-state index contributed by atoms with van der Waals surface area (Å²) in [5.41, 5.74) is 0. The van der Waals surface area contributed by atoms with Gasteiger partial charge in [0.2, 0.25) is 11.8 Å². The van der Waals surface area contributed by atoms with Crippen LogP contribution in [0.3, 0.4) is 0 Å². The first kappa shape index (κ1) is 19.7. The third-order valence-electron chi connectivity index (χ3n) is 3.57. The molecule has 0 aliphatic heterocycles. The molecule has 4 heteroatoms. The maximum absolute atomic E-state index is 13.2. The Morgan fingerprint density at radius 3 is 1.10 bits per heavy atom. The molecule has 122 valence electrons. The largest absolute Gasteiger partial charge is 0.248 e. The van der Waals surface area contributed by atoms with E-state index in [9.17, 15) is 17.6 Å². The number of hydrogen-bond donors (Lipinski definition) is 0. The molecule has 0 heterocycles. The minimum atomic E-state index is -2.52. The first-order valence-corrected chi connectivity index (χ1v) is 8.08. The fourth-order valence-corrected chi connectivity index (χ4v) is 2.46. The molecule has 0 aromatic heterocycles. The predicted molar refractivity (Wildman–Crippen MR) is 76.6 cm³/mol. The van der Waals surface area contributed by atoms with Gasteiger partial charge in [0.25, 0.3) is 0 Å². The molecule has 20 heavy (non-hydrogen) atoms. The minimum absolute atomic E-state index is 0.0283. The van der Waals surface area contributed by atoms with Crippen molar-refractivity contribution in [2.75, 3.05) is 0 Å². The Morgan fingerprint density at radius 2 is 0.800 bits per heavy atom. The monoisotopic (exact) mass is 298 g/mol. The van der Waals surface area contributed by atoms with Crippen molar-refractivity contribution < 1.29 is 17.6 Å². The second-order valence-electron chi connectivity index (χ2n) is 5.83. The molecule has 0 nitrogen and oxygen atoms in total. The van der Waals surface area contributed by atoms with Gasteiger partial charge in [0, 0.05) is 25.7 Å². The van der Waals surface area contributed by atoms with Crippen molar-refractivity contribution in [2.45, 2.75) is 103 Å². The lowest BCUT2D eigenvalue weighted by molar-refractivity contribution is -0.0204. The van der Waals surface area contributed by atoms with Crippen LogP contribution in [0.5, 0.6) is 0 Å². The van der Waals surface area contributed by atoms with E-state index in [1.165, 1.54) is 0 Å². The van der Waals surface area contributed by atoms with Crippen LogP contribution in [0.1, 0.15) is 90.9 Å². The van der Waals surface area contributed by atoms with Crippen molar-refractivity contribution in [3.63, 3.8) is 0 Å². The van der Waals surface area contributed by atoms with Gasteiger partial charge in [-0.05, 0) is 12.8 Å². The van der Waals surface area contributed by atoms with Crippen molar-refractivity contribution in [1.29, 1.82) is 0 Å². The molecule has 0 radical (unpaired) electrons. The van der Waals surface area contributed by atoms with Crippen LogP contribution in [0.4, 0.5) is 17.6 Å². The van der Waals surface area contributed by atoms with Crippen LogP contribution < -0.4 is 0 Å². The van der Waals surface area contributed by atoms with Crippen LogP contribution in [0.25, 0.3) is 0 Å². The molecule has 0 spiro atoms. The highest BCUT2D eigenvalue weighted by Crippen LogP contribution is 2.28. The quantitative estimate of drug-likeness (QED) is 0.254. The van der Waals surface area contributed by atoms with Crippen LogP contribution in [0, 0.1) is 0 Å². The van der Waals surface area contributed by atoms with E-state index in [2.05, 4.69) is 0 Å². The standard InChI is InChI=1S/C16H30F4/c1-3-11-15(17,18)13-9-7-5-6-8-10-14-16(19,20)12-4-2/h3-14H2,1-2H3. The van der Waals surface area contributed by atoms with Crippen molar-refractivity contribution in [1.82, 2.24) is 0 Å². The molecule has 0 rings (SSSR count). The fraction of sp³-hybridized carbons (Fsp3) is 1.00. The van der Waals surface area contributed by atoms with Gasteiger partial charge >= 0.3 is 0 Å². The minimum Gasteiger partial charge on any atom is -0.207 e. The zero-order valence-corrected chi connectivity index (χ0v) is 13.0. The summed E-state index contributed by atoms with van der Waals surface area (Å²) in [5, 5.41) is 0. The molecule has 0 aromatic rings. The summed E-state index contributed by atoms with van der Waals surface area (Å²) >= 11 is 0. The van der Waals surface area contributed by atoms with Gasteiger partial charge < -0.3 is 0 Å². The highest BCUT2D eigenvalue weighted by atomic mass is 19.3. The molecule has 0 aliphatic rings. The topological polar surface area (TPSA) is 0 Å². The van der Waals surface area contributed by atoms with E-state index in [1.54, 1.807) is 13.8 Å². The highest BCUT2D eigenvalue weighted by molar-refractivity contribution is 4.66. The van der Waals surface area contributed by atoms with Gasteiger partial charge in [-0.25, -0.2) is 17.6 Å². The van der Waals surface area contributed by atoms with Crippen molar-refractivity contribution in [3.8, 4) is 0 Å². The second-order valence-corrected chi connectivity index (χ2v) is 5.83. The molecule has 0 amide bonds. The zero-order chi connectivity index (χ0) is 15.5. The molecular weight excluding hydrogens is 268 g/mol. The SMILES string of the molecule is CCCC(F)(F)CCCCCCCCC(F)(F)CCC. The van der Waals surface area contributed by atoms with E-state index in [0.29, 0.717) is 25.7 Å². The lowest BCUT2D eigenvalue weighted by Crippen LogP contribution is -2.15. The van der Waals surface area contributed by atoms with Crippen molar-refractivity contribution >= 4 is 0 Å². The summed E-state index contributed by atoms with van der Waals surface area (Å²) < 4.78 is 52.7. The van der Waals surface area contributed by atoms with Gasteiger partial charge in [-0.15, -0.1) is 0 Å². The van der Waals surface area contributed by atoms with Gasteiger partial charge in [-0.1, -0.05) is 52.4 Å². The molecule has 0 saturated carbocycles. The number of alkyl halides is 4. The average molecular weight is 298 g/mol. The summed E-state index contributed by atoms with van der Waals surface area (Å²) in [4.78, 5) is 0. The first-order chi connectivity index (χ1) is 9.33. The van der Waals surface area contributed by atoms with E-state index >= 15 is 0 Å². The Hall–Kier alpha value is -0.280. The maximum Gasteiger partial charge on any atom is 0.248 e. The Kier molecular flexibility index (Phi) is 10.3. The molecule has 0 N–H and O–H groups in total. The first-order valence-electron chi connectivity index (χ1n) is 8.08. The van der Waals surface area contributed by atoms with E-state index in [4.69, 9.17) is 0 Å². The molecule has 0 fully saturated rings. The molecular formula is C16H30F4. The summed E-state index contributed by atoms with van der Waals surface area (Å²) in [6.07, 6.45) is 5.30. The lowest BCUT2D eigenvalue weighted by Gasteiger charge is -2.15. The predicted octanol–water partition coefficient (Wildman–Crippen LogP) is 6.98. The molecule has 0 bridgehead atoms. The Morgan fingerprint density at radius 1 is 0.500 bits per heavy atom. The number of rotatable bonds is 13. The van der Waals surface area contributed by atoms with Gasteiger partial charge in [-0.2, -0.15) is 0 Å². The number of hydrogen-bond acceptors (Lipinski definition) is 0. The van der Waals surface area contributed by atoms with E-state index in [1.807, 2.05) is 0 Å². The highest BCUT2D eigenvalue weighted by Gasteiger charge is 2.27. The van der Waals surface area contributed by atoms with E-state index in [-0.39, 0.29) is 25.7 Å². The van der Waals surface area contributed by atoms with Gasteiger partial charge in [0.1, 0.15) is 0 Å². The maximum atomic E-state index is 13.2. The third-order valence-corrected chi connectivity index (χ3v) is 3.57. The average Bonchev–Trinajstić information content (AvgIpc) is 2.32. The molecule has 0 aromatic carbocycles. The molecule has 0 unspecified atom stereocenters. The number of halogens is 4. The van der Waals surface area contributed by atoms with Gasteiger partial charge in [-0.3, -0.25) is 0 Å². The van der Waals surface area contributed by atoms with Crippen molar-refractivity contribution in [3.05, 3.63) is 0 Å². The summed E-state index contributed by atoms with van der Waals surface area (Å²) in [6, 6.07) is 0. The van der Waals surface area contributed by atoms with Gasteiger partial charge in [0.05, 0.1) is 0 Å². The Bertz CT molecular complexity index is 203. The third kappa shape index (κ3) is 11.5. The smallest absolute Gasteiger partial charge is 0.207 e. The summed E-state index contributed by atoms with van der Waals surface area (Å²) in [6.45, 7) is 3.53. The molecule has 0 saturated heterocycles. The van der Waals surface area contributed by atoms with Crippen LogP contribution >= 0.6 is 0 Å². The zero-order valence-electron chi connectivity index (χ0n) is 13.0. The van der Waals surface area contributed by atoms with E-state index in [0.717, 1.165) is 25.7 Å². The lowest BCUT2D eigenvalue weighted by atomic mass is 10.0. The van der Waals surface area contributed by atoms with Crippen molar-refractivity contribution in [2.24, 2.45) is 0 Å². The fourth-order valence-electron chi connectivity index (χ4n) is 2.46. The molecule has 0 aliphatic carbocycles. The normalized spacial score (nSPS) is 12.9. The number of unbranched alkanes of at least 4 members (excludes halogenated alkanes) is 5. The van der Waals surface area contributed by atoms with Crippen LogP contribution in [-0.2, 0) is 0 Å². The summed E-state index contributed by atoms with van der Waals surface area (Å²) in [5.74, 6) is -5.03. The van der Waals surface area contributed by atoms with Crippen LogP contribution in [0.2, 0.25) is 0 Å². The van der Waals surface area contributed by atoms with Crippen LogP contribution in [-0.4, -0.2) is 11.8 Å². The molecule has 0 atom stereocenters. The summed E-state index contributed by atoms with van der Waals surface area (Å²) in [7, 11) is 0. The second kappa shape index (κ2) is 10.4. The van der Waals surface area contributed by atoms with Crippen LogP contribution in [0.15, 0.2) is 0 Å². The Balaban J connectivity index is 3.41. The Labute approximate surface area is 121 Å². The van der Waals surface area contributed by atoms with E-state index < -0.39 is 11.8 Å².